The van der Waals surface area contributed by atoms with Crippen molar-refractivity contribution in [1.82, 2.24) is 0 Å². The maximum absolute atomic E-state index is 7.38. The van der Waals surface area contributed by atoms with Crippen molar-refractivity contribution in [1.29, 1.82) is 0 Å². The first-order valence-electron chi connectivity index (χ1n) is 1.18. The molecule has 0 fully saturated rings. The van der Waals surface area contributed by atoms with Gasteiger partial charge in [0.05, 0.1) is 6.61 Å². The van der Waals surface area contributed by atoms with Gasteiger partial charge >= 0.3 is 51.4 Å². The van der Waals surface area contributed by atoms with E-state index in [1.807, 2.05) is 0 Å². The third kappa shape index (κ3) is 10.8. The van der Waals surface area contributed by atoms with Gasteiger partial charge in [0.1, 0.15) is 0 Å². The van der Waals surface area contributed by atoms with Crippen LogP contribution in [0.15, 0.2) is 0 Å². The maximum Gasteiger partial charge on any atom is 1.00 e. The number of hydrogen-bond acceptors (Lipinski definition) is 2. The molecule has 0 spiro atoms. The Bertz CT molecular complexity index is 13.5. The van der Waals surface area contributed by atoms with E-state index in [0.29, 0.717) is 6.61 Å². The Morgan fingerprint density at radius 3 is 2.20 bits per heavy atom. The average molecular weight is 102 g/mol. The summed E-state index contributed by atoms with van der Waals surface area (Å²) in [5.74, 6) is 0. The van der Waals surface area contributed by atoms with E-state index in [-0.39, 0.29) is 52.8 Å². The molecule has 1 N–H and O–H groups in total. The summed E-state index contributed by atoms with van der Waals surface area (Å²) < 4.78 is 0. The summed E-state index contributed by atoms with van der Waals surface area (Å²) in [5.41, 5.74) is 0. The normalized spacial score (nSPS) is 6.00. The third-order valence-electron chi connectivity index (χ3n) is 0.129. The summed E-state index contributed by atoms with van der Waals surface area (Å²) in [4.78, 5) is 3.54. The van der Waals surface area contributed by atoms with Gasteiger partial charge in [-0.3, -0.25) is 5.26 Å². The first kappa shape index (κ1) is 9.75. The van der Waals surface area contributed by atoms with Crippen LogP contribution in [-0.4, -0.2) is 11.9 Å². The maximum atomic E-state index is 7.38. The van der Waals surface area contributed by atoms with Gasteiger partial charge in [-0.1, -0.05) is 0 Å². The van der Waals surface area contributed by atoms with Crippen LogP contribution in [0.4, 0.5) is 0 Å². The van der Waals surface area contributed by atoms with Crippen LogP contribution < -0.4 is 51.4 Å². The van der Waals surface area contributed by atoms with Gasteiger partial charge in [-0.05, 0) is 6.92 Å². The summed E-state index contributed by atoms with van der Waals surface area (Å²) in [7, 11) is 0. The SMILES string of the molecule is CCOO.[H-].[K+]. The molecule has 0 heterocycles. The first-order valence-corrected chi connectivity index (χ1v) is 1.18. The van der Waals surface area contributed by atoms with Gasteiger partial charge in [0.25, 0.3) is 0 Å². The Morgan fingerprint density at radius 1 is 2.00 bits per heavy atom. The van der Waals surface area contributed by atoms with Crippen molar-refractivity contribution in [3.63, 3.8) is 0 Å². The Labute approximate surface area is 75.3 Å². The van der Waals surface area contributed by atoms with Crippen LogP contribution in [0.5, 0.6) is 0 Å². The fourth-order valence-electron chi connectivity index (χ4n) is 0. The Hall–Kier alpha value is 1.56. The summed E-state index contributed by atoms with van der Waals surface area (Å²) in [6, 6.07) is 0. The van der Waals surface area contributed by atoms with Crippen molar-refractivity contribution in [2.75, 3.05) is 6.61 Å². The van der Waals surface area contributed by atoms with Crippen LogP contribution in [0.3, 0.4) is 0 Å². The van der Waals surface area contributed by atoms with Crippen LogP contribution >= 0.6 is 0 Å². The molecule has 0 amide bonds. The molecule has 3 heteroatoms. The smallest absolute Gasteiger partial charge is 1.00 e. The topological polar surface area (TPSA) is 29.5 Å². The van der Waals surface area contributed by atoms with E-state index in [2.05, 4.69) is 4.89 Å². The molecule has 0 unspecified atom stereocenters. The second kappa shape index (κ2) is 9.12. The zero-order valence-corrected chi connectivity index (χ0v) is 6.69. The Kier molecular flexibility index (Phi) is 17.8. The molecule has 0 aliphatic heterocycles. The van der Waals surface area contributed by atoms with Crippen LogP contribution in [0.1, 0.15) is 8.35 Å². The van der Waals surface area contributed by atoms with Crippen LogP contribution in [0.2, 0.25) is 0 Å². The van der Waals surface area contributed by atoms with Gasteiger partial charge in [0.2, 0.25) is 0 Å². The van der Waals surface area contributed by atoms with E-state index in [1.165, 1.54) is 0 Å². The zero-order valence-electron chi connectivity index (χ0n) is 4.56. The minimum Gasteiger partial charge on any atom is -1.00 e. The Balaban J connectivity index is -0.0000000450. The fraction of sp³-hybridized carbons (Fsp3) is 1.00. The van der Waals surface area contributed by atoms with Crippen molar-refractivity contribution in [2.45, 2.75) is 6.92 Å². The molecule has 0 saturated carbocycles. The molecule has 0 saturated heterocycles. The van der Waals surface area contributed by atoms with E-state index in [4.69, 9.17) is 5.26 Å². The molecule has 2 nitrogen and oxygen atoms in total. The largest absolute Gasteiger partial charge is 1.00 e. The van der Waals surface area contributed by atoms with Crippen molar-refractivity contribution in [3.05, 3.63) is 0 Å². The van der Waals surface area contributed by atoms with Crippen molar-refractivity contribution < 1.29 is 63.0 Å². The minimum absolute atomic E-state index is 0. The molecular formula is C2H7KO2. The third-order valence-corrected chi connectivity index (χ3v) is 0.129. The van der Waals surface area contributed by atoms with Crippen LogP contribution in [0, 0.1) is 0 Å². The predicted octanol–water partition coefficient (Wildman–Crippen LogP) is -2.39. The molecule has 0 aliphatic carbocycles. The summed E-state index contributed by atoms with van der Waals surface area (Å²) in [6.07, 6.45) is 0. The van der Waals surface area contributed by atoms with Crippen molar-refractivity contribution in [3.8, 4) is 0 Å². The minimum atomic E-state index is 0. The van der Waals surface area contributed by atoms with Gasteiger partial charge in [-0.15, -0.1) is 0 Å². The van der Waals surface area contributed by atoms with E-state index < -0.39 is 0 Å². The molecule has 0 rings (SSSR count). The van der Waals surface area contributed by atoms with E-state index in [0.717, 1.165) is 0 Å². The van der Waals surface area contributed by atoms with Gasteiger partial charge in [-0.25, -0.2) is 4.89 Å². The van der Waals surface area contributed by atoms with E-state index in [1.54, 1.807) is 6.92 Å². The molecule has 0 bridgehead atoms. The standard InChI is InChI=1S/C2H6O2.K.H/c1-2-4-3;;/h3H,2H2,1H3;;/q;+1;-1. The molecule has 0 radical (unpaired) electrons. The van der Waals surface area contributed by atoms with Gasteiger partial charge in [-0.2, -0.15) is 0 Å². The van der Waals surface area contributed by atoms with Crippen molar-refractivity contribution in [2.24, 2.45) is 0 Å². The Morgan fingerprint density at radius 2 is 2.20 bits per heavy atom. The molecule has 0 atom stereocenters. The van der Waals surface area contributed by atoms with E-state index in [9.17, 15) is 0 Å². The van der Waals surface area contributed by atoms with Gasteiger partial charge in [0.15, 0.2) is 0 Å². The summed E-state index contributed by atoms with van der Waals surface area (Å²) >= 11 is 0. The zero-order chi connectivity index (χ0) is 3.41. The molecule has 0 aromatic heterocycles. The van der Waals surface area contributed by atoms with E-state index >= 15 is 0 Å². The van der Waals surface area contributed by atoms with Crippen molar-refractivity contribution >= 4 is 0 Å². The quantitative estimate of drug-likeness (QED) is 0.227. The predicted molar refractivity (Wildman–Crippen MR) is 15.4 cm³/mol. The number of hydrogen-bond donors (Lipinski definition) is 1. The van der Waals surface area contributed by atoms with Crippen LogP contribution in [-0.2, 0) is 4.89 Å². The second-order valence-electron chi connectivity index (χ2n) is 0.418. The van der Waals surface area contributed by atoms with Crippen LogP contribution in [0.25, 0.3) is 0 Å². The first-order chi connectivity index (χ1) is 1.91. The molecule has 28 valence electrons. The average Bonchev–Trinajstić information content (AvgIpc) is 1.37. The van der Waals surface area contributed by atoms with Gasteiger partial charge < -0.3 is 1.43 Å². The van der Waals surface area contributed by atoms with Gasteiger partial charge in [0, 0.05) is 0 Å². The fourth-order valence-corrected chi connectivity index (χ4v) is 0. The number of rotatable bonds is 1. The molecule has 0 aromatic rings. The second-order valence-corrected chi connectivity index (χ2v) is 0.418. The summed E-state index contributed by atoms with van der Waals surface area (Å²) in [6.45, 7) is 2.08. The molecular weight excluding hydrogens is 95.1 g/mol. The summed E-state index contributed by atoms with van der Waals surface area (Å²) in [5, 5.41) is 7.38. The molecule has 0 aromatic carbocycles. The molecule has 5 heavy (non-hydrogen) atoms. The molecule has 0 aliphatic rings. The monoisotopic (exact) mass is 102 g/mol.